The molecule has 1 aromatic rings. The average molecular weight is 291 g/mol. The van der Waals surface area contributed by atoms with Gasteiger partial charge in [-0.2, -0.15) is 51.1 Å². The van der Waals surface area contributed by atoms with Gasteiger partial charge in [0.25, 0.3) is 0 Å². The van der Waals surface area contributed by atoms with E-state index >= 15 is 0 Å². The molecule has 4 N–H and O–H groups in total. The fourth-order valence-corrected chi connectivity index (χ4v) is 3.31. The summed E-state index contributed by atoms with van der Waals surface area (Å²) in [7, 11) is 0. The van der Waals surface area contributed by atoms with E-state index in [0.717, 1.165) is 35.2 Å². The maximum atomic E-state index is 5.49. The number of thioether (sulfide) groups is 2. The van der Waals surface area contributed by atoms with Crippen molar-refractivity contribution in [3.05, 3.63) is 5.82 Å². The maximum Gasteiger partial charge on any atom is 0.225 e. The van der Waals surface area contributed by atoms with E-state index in [4.69, 9.17) is 11.5 Å². The van der Waals surface area contributed by atoms with Crippen molar-refractivity contribution in [2.24, 2.45) is 0 Å². The first-order chi connectivity index (χ1) is 8.22. The Morgan fingerprint density at radius 3 is 2.06 bits per heavy atom. The molecule has 1 heterocycles. The van der Waals surface area contributed by atoms with E-state index in [-0.39, 0.29) is 11.9 Å². The summed E-state index contributed by atoms with van der Waals surface area (Å²) in [5, 5.41) is 0. The molecular weight excluding hydrogens is 274 g/mol. The van der Waals surface area contributed by atoms with Gasteiger partial charge in [-0.3, -0.25) is 0 Å². The average Bonchev–Trinajstić information content (AvgIpc) is 2.26. The van der Waals surface area contributed by atoms with E-state index in [1.807, 2.05) is 23.5 Å². The molecule has 0 fully saturated rings. The minimum absolute atomic E-state index is 0.196. The van der Waals surface area contributed by atoms with Crippen LogP contribution in [0.1, 0.15) is 5.82 Å². The number of nitrogens with zero attached hydrogens (tertiary/aromatic N) is 3. The van der Waals surface area contributed by atoms with Crippen LogP contribution in [0.2, 0.25) is 0 Å². The van der Waals surface area contributed by atoms with Crippen molar-refractivity contribution in [2.45, 2.75) is 6.42 Å². The second-order valence-electron chi connectivity index (χ2n) is 3.17. The molecule has 0 unspecified atom stereocenters. The Kier molecular flexibility index (Phi) is 7.54. The Bertz CT molecular complexity index is 316. The number of hydrogen-bond donors (Lipinski definition) is 3. The summed E-state index contributed by atoms with van der Waals surface area (Å²) in [6.45, 7) is 0. The normalized spacial score (nSPS) is 10.6. The molecule has 1 aromatic heterocycles. The Morgan fingerprint density at radius 2 is 1.47 bits per heavy atom. The Morgan fingerprint density at radius 1 is 0.882 bits per heavy atom. The van der Waals surface area contributed by atoms with Gasteiger partial charge in [-0.05, 0) is 5.75 Å². The molecule has 96 valence electrons. The molecule has 0 amide bonds. The van der Waals surface area contributed by atoms with Crippen LogP contribution in [0.4, 0.5) is 11.9 Å². The smallest absolute Gasteiger partial charge is 0.225 e. The highest BCUT2D eigenvalue weighted by atomic mass is 32.2. The summed E-state index contributed by atoms with van der Waals surface area (Å²) in [4.78, 5) is 11.8. The van der Waals surface area contributed by atoms with Crippen molar-refractivity contribution in [3.8, 4) is 0 Å². The van der Waals surface area contributed by atoms with Gasteiger partial charge in [-0.25, -0.2) is 0 Å². The summed E-state index contributed by atoms with van der Waals surface area (Å²) < 4.78 is 0. The number of nitrogen functional groups attached to an aromatic ring is 2. The van der Waals surface area contributed by atoms with Crippen molar-refractivity contribution < 1.29 is 0 Å². The van der Waals surface area contributed by atoms with Gasteiger partial charge in [0.15, 0.2) is 0 Å². The molecule has 17 heavy (non-hydrogen) atoms. The maximum absolute atomic E-state index is 5.49. The monoisotopic (exact) mass is 291 g/mol. The first-order valence-electron chi connectivity index (χ1n) is 5.24. The van der Waals surface area contributed by atoms with Crippen LogP contribution in [-0.4, -0.2) is 43.7 Å². The lowest BCUT2D eigenvalue weighted by atomic mass is 10.4. The van der Waals surface area contributed by atoms with Gasteiger partial charge in [0, 0.05) is 29.4 Å². The summed E-state index contributed by atoms with van der Waals surface area (Å²) >= 11 is 7.97. The van der Waals surface area contributed by atoms with Crippen molar-refractivity contribution in [3.63, 3.8) is 0 Å². The fourth-order valence-electron chi connectivity index (χ4n) is 1.12. The number of anilines is 2. The molecule has 0 spiro atoms. The molecular formula is C9H17N5S3. The number of thiol groups is 1. The lowest BCUT2D eigenvalue weighted by Gasteiger charge is -2.02. The highest BCUT2D eigenvalue weighted by Crippen LogP contribution is 2.09. The minimum Gasteiger partial charge on any atom is -0.368 e. The zero-order valence-electron chi connectivity index (χ0n) is 9.50. The number of aromatic nitrogens is 3. The first kappa shape index (κ1) is 14.7. The van der Waals surface area contributed by atoms with Gasteiger partial charge in [0.05, 0.1) is 0 Å². The van der Waals surface area contributed by atoms with E-state index < -0.39 is 0 Å². The minimum atomic E-state index is 0.196. The summed E-state index contributed by atoms with van der Waals surface area (Å²) in [5.41, 5.74) is 11.0. The van der Waals surface area contributed by atoms with Crippen LogP contribution in [0.5, 0.6) is 0 Å². The predicted molar refractivity (Wildman–Crippen MR) is 80.9 cm³/mol. The number of hydrogen-bond acceptors (Lipinski definition) is 8. The second kappa shape index (κ2) is 8.71. The highest BCUT2D eigenvalue weighted by Gasteiger charge is 2.01. The SMILES string of the molecule is Nc1nc(N)nc(CCSCCSCCS)n1. The van der Waals surface area contributed by atoms with Gasteiger partial charge in [-0.15, -0.1) is 0 Å². The second-order valence-corrected chi connectivity index (χ2v) is 6.06. The molecule has 8 heteroatoms. The topological polar surface area (TPSA) is 90.7 Å². The molecule has 0 aliphatic heterocycles. The van der Waals surface area contributed by atoms with Crippen molar-refractivity contribution in [1.29, 1.82) is 0 Å². The lowest BCUT2D eigenvalue weighted by molar-refractivity contribution is 0.922. The Hall–Kier alpha value is -0.340. The van der Waals surface area contributed by atoms with Crippen LogP contribution in [0.15, 0.2) is 0 Å². The third kappa shape index (κ3) is 6.85. The van der Waals surface area contributed by atoms with Gasteiger partial charge >= 0.3 is 0 Å². The molecule has 0 saturated carbocycles. The molecule has 0 aliphatic rings. The van der Waals surface area contributed by atoms with Crippen LogP contribution in [0.25, 0.3) is 0 Å². The third-order valence-corrected chi connectivity index (χ3v) is 4.55. The largest absolute Gasteiger partial charge is 0.368 e. The molecule has 0 aromatic carbocycles. The van der Waals surface area contributed by atoms with Gasteiger partial charge in [-0.1, -0.05) is 0 Å². The lowest BCUT2D eigenvalue weighted by Crippen LogP contribution is -2.07. The summed E-state index contributed by atoms with van der Waals surface area (Å²) in [6.07, 6.45) is 0.777. The van der Waals surface area contributed by atoms with Crippen LogP contribution in [0, 0.1) is 0 Å². The van der Waals surface area contributed by atoms with Crippen molar-refractivity contribution >= 4 is 48.0 Å². The summed E-state index contributed by atoms with van der Waals surface area (Å²) in [6, 6.07) is 0. The van der Waals surface area contributed by atoms with Gasteiger partial charge < -0.3 is 11.5 Å². The number of aryl methyl sites for hydroxylation is 1. The number of rotatable bonds is 8. The summed E-state index contributed by atoms with van der Waals surface area (Å²) in [5.74, 6) is 6.39. The third-order valence-electron chi connectivity index (χ3n) is 1.79. The fraction of sp³-hybridized carbons (Fsp3) is 0.667. The molecule has 0 aliphatic carbocycles. The predicted octanol–water partition coefficient (Wildman–Crippen LogP) is 0.975. The van der Waals surface area contributed by atoms with Crippen LogP contribution in [-0.2, 0) is 6.42 Å². The van der Waals surface area contributed by atoms with Gasteiger partial charge in [0.2, 0.25) is 11.9 Å². The zero-order chi connectivity index (χ0) is 12.5. The molecule has 0 radical (unpaired) electrons. The highest BCUT2D eigenvalue weighted by molar-refractivity contribution is 8.03. The van der Waals surface area contributed by atoms with E-state index in [9.17, 15) is 0 Å². The number of nitrogens with two attached hydrogens (primary N) is 2. The van der Waals surface area contributed by atoms with Crippen LogP contribution in [0.3, 0.4) is 0 Å². The quantitative estimate of drug-likeness (QED) is 0.486. The van der Waals surface area contributed by atoms with Crippen LogP contribution >= 0.6 is 36.2 Å². The van der Waals surface area contributed by atoms with E-state index in [2.05, 4.69) is 27.6 Å². The Balaban J connectivity index is 2.13. The van der Waals surface area contributed by atoms with Crippen molar-refractivity contribution in [2.75, 3.05) is 40.2 Å². The van der Waals surface area contributed by atoms with Gasteiger partial charge in [0.1, 0.15) is 5.82 Å². The van der Waals surface area contributed by atoms with E-state index in [1.54, 1.807) is 0 Å². The molecule has 0 saturated heterocycles. The van der Waals surface area contributed by atoms with E-state index in [1.165, 1.54) is 0 Å². The first-order valence-corrected chi connectivity index (χ1v) is 8.19. The van der Waals surface area contributed by atoms with E-state index in [0.29, 0.717) is 5.82 Å². The van der Waals surface area contributed by atoms with Crippen molar-refractivity contribution in [1.82, 2.24) is 15.0 Å². The Labute approximate surface area is 115 Å². The molecule has 1 rings (SSSR count). The standard InChI is InChI=1S/C9H17N5S3/c10-8-12-7(13-9(11)14-8)1-3-16-5-6-17-4-2-15/h15H,1-6H2,(H4,10,11,12,13,14). The molecule has 0 atom stereocenters. The zero-order valence-corrected chi connectivity index (χ0v) is 12.0. The van der Waals surface area contributed by atoms with Crippen LogP contribution < -0.4 is 11.5 Å². The molecule has 5 nitrogen and oxygen atoms in total. The molecule has 0 bridgehead atoms.